The van der Waals surface area contributed by atoms with Crippen LogP contribution in [0.3, 0.4) is 0 Å². The SMILES string of the molecule is Nc1cc(OC2CCC(Nc3nccc(CN4CCCCC4)n3)CC2)c2nccnc2c1. The van der Waals surface area contributed by atoms with E-state index < -0.39 is 0 Å². The van der Waals surface area contributed by atoms with Crippen LogP contribution in [-0.4, -0.2) is 50.1 Å². The number of ether oxygens (including phenoxy) is 1. The van der Waals surface area contributed by atoms with Gasteiger partial charge in [0.25, 0.3) is 0 Å². The lowest BCUT2D eigenvalue weighted by Crippen LogP contribution is -2.32. The van der Waals surface area contributed by atoms with Gasteiger partial charge in [-0.15, -0.1) is 0 Å². The molecule has 2 aliphatic rings. The van der Waals surface area contributed by atoms with Crippen molar-refractivity contribution in [3.63, 3.8) is 0 Å². The van der Waals surface area contributed by atoms with Crippen LogP contribution < -0.4 is 15.8 Å². The Hall–Kier alpha value is -3.00. The number of rotatable bonds is 6. The predicted octanol–water partition coefficient (Wildman–Crippen LogP) is 3.79. The van der Waals surface area contributed by atoms with Crippen molar-refractivity contribution in [3.05, 3.63) is 42.5 Å². The second-order valence-corrected chi connectivity index (χ2v) is 8.89. The minimum Gasteiger partial charge on any atom is -0.488 e. The van der Waals surface area contributed by atoms with Gasteiger partial charge in [-0.3, -0.25) is 9.88 Å². The summed E-state index contributed by atoms with van der Waals surface area (Å²) in [6.45, 7) is 3.25. The molecule has 0 unspecified atom stereocenters. The van der Waals surface area contributed by atoms with Crippen molar-refractivity contribution in [3.8, 4) is 5.75 Å². The average Bonchev–Trinajstić information content (AvgIpc) is 2.81. The summed E-state index contributed by atoms with van der Waals surface area (Å²) in [5.74, 6) is 1.46. The number of fused-ring (bicyclic) bond motifs is 1. The number of nitrogens with zero attached hydrogens (tertiary/aromatic N) is 5. The largest absolute Gasteiger partial charge is 0.488 e. The number of hydrogen-bond donors (Lipinski definition) is 2. The zero-order valence-electron chi connectivity index (χ0n) is 18.4. The van der Waals surface area contributed by atoms with E-state index in [0.29, 0.717) is 11.7 Å². The monoisotopic (exact) mass is 433 g/mol. The van der Waals surface area contributed by atoms with Gasteiger partial charge in [-0.05, 0) is 63.7 Å². The third-order valence-corrected chi connectivity index (χ3v) is 6.41. The molecule has 0 spiro atoms. The van der Waals surface area contributed by atoms with E-state index in [0.717, 1.165) is 60.7 Å². The lowest BCUT2D eigenvalue weighted by molar-refractivity contribution is 0.151. The Morgan fingerprint density at radius 2 is 1.78 bits per heavy atom. The zero-order valence-corrected chi connectivity index (χ0v) is 18.4. The van der Waals surface area contributed by atoms with E-state index in [-0.39, 0.29) is 6.10 Å². The average molecular weight is 434 g/mol. The van der Waals surface area contributed by atoms with E-state index in [1.807, 2.05) is 24.4 Å². The fourth-order valence-corrected chi connectivity index (χ4v) is 4.74. The Morgan fingerprint density at radius 1 is 0.969 bits per heavy atom. The highest BCUT2D eigenvalue weighted by molar-refractivity contribution is 5.84. The van der Waals surface area contributed by atoms with Crippen LogP contribution in [0.15, 0.2) is 36.8 Å². The second kappa shape index (κ2) is 9.65. The summed E-state index contributed by atoms with van der Waals surface area (Å²) in [4.78, 5) is 20.5. The normalized spacial score (nSPS) is 22.0. The highest BCUT2D eigenvalue weighted by Crippen LogP contribution is 2.30. The van der Waals surface area contributed by atoms with Gasteiger partial charge < -0.3 is 15.8 Å². The number of piperidine rings is 1. The molecule has 3 heterocycles. The molecule has 0 amide bonds. The number of likely N-dealkylation sites (tertiary alicyclic amines) is 1. The Bertz CT molecular complexity index is 1050. The number of benzene rings is 1. The highest BCUT2D eigenvalue weighted by Gasteiger charge is 2.24. The molecule has 0 bridgehead atoms. The number of aromatic nitrogens is 4. The van der Waals surface area contributed by atoms with Gasteiger partial charge in [-0.2, -0.15) is 0 Å². The van der Waals surface area contributed by atoms with Crippen LogP contribution in [0.25, 0.3) is 11.0 Å². The third-order valence-electron chi connectivity index (χ3n) is 6.41. The molecule has 1 aliphatic carbocycles. The van der Waals surface area contributed by atoms with Crippen LogP contribution in [0.2, 0.25) is 0 Å². The predicted molar refractivity (Wildman–Crippen MR) is 125 cm³/mol. The molecule has 0 atom stereocenters. The minimum atomic E-state index is 0.145. The summed E-state index contributed by atoms with van der Waals surface area (Å²) in [5, 5.41) is 3.54. The molecule has 2 fully saturated rings. The Kier molecular flexibility index (Phi) is 6.29. The van der Waals surface area contributed by atoms with Crippen molar-refractivity contribution >= 4 is 22.7 Å². The Labute approximate surface area is 188 Å². The Balaban J connectivity index is 1.16. The van der Waals surface area contributed by atoms with Crippen LogP contribution in [0.4, 0.5) is 11.6 Å². The van der Waals surface area contributed by atoms with E-state index in [2.05, 4.69) is 25.2 Å². The van der Waals surface area contributed by atoms with Crippen LogP contribution in [0, 0.1) is 0 Å². The molecule has 32 heavy (non-hydrogen) atoms. The first kappa shape index (κ1) is 20.9. The van der Waals surface area contributed by atoms with Gasteiger partial charge in [0, 0.05) is 42.9 Å². The number of nitrogens with one attached hydrogen (secondary N) is 1. The van der Waals surface area contributed by atoms with Crippen molar-refractivity contribution in [2.24, 2.45) is 0 Å². The first-order valence-electron chi connectivity index (χ1n) is 11.7. The second-order valence-electron chi connectivity index (χ2n) is 8.89. The van der Waals surface area contributed by atoms with Gasteiger partial charge in [-0.25, -0.2) is 15.0 Å². The first-order valence-corrected chi connectivity index (χ1v) is 11.7. The minimum absolute atomic E-state index is 0.145. The van der Waals surface area contributed by atoms with Crippen molar-refractivity contribution < 1.29 is 4.74 Å². The molecule has 3 aromatic rings. The van der Waals surface area contributed by atoms with Crippen molar-refractivity contribution in [2.45, 2.75) is 63.6 Å². The van der Waals surface area contributed by atoms with Gasteiger partial charge in [0.15, 0.2) is 0 Å². The highest BCUT2D eigenvalue weighted by atomic mass is 16.5. The van der Waals surface area contributed by atoms with Gasteiger partial charge in [0.2, 0.25) is 5.95 Å². The molecular weight excluding hydrogens is 402 g/mol. The van der Waals surface area contributed by atoms with Gasteiger partial charge in [0.05, 0.1) is 17.3 Å². The molecule has 0 radical (unpaired) electrons. The van der Waals surface area contributed by atoms with E-state index in [1.54, 1.807) is 12.4 Å². The smallest absolute Gasteiger partial charge is 0.223 e. The summed E-state index contributed by atoms with van der Waals surface area (Å²) >= 11 is 0. The summed E-state index contributed by atoms with van der Waals surface area (Å²) in [6.07, 6.45) is 13.2. The van der Waals surface area contributed by atoms with Crippen molar-refractivity contribution in [2.75, 3.05) is 24.1 Å². The van der Waals surface area contributed by atoms with Crippen LogP contribution in [0.5, 0.6) is 5.75 Å². The van der Waals surface area contributed by atoms with E-state index >= 15 is 0 Å². The summed E-state index contributed by atoms with van der Waals surface area (Å²) in [6, 6.07) is 6.07. The van der Waals surface area contributed by atoms with Gasteiger partial charge >= 0.3 is 0 Å². The van der Waals surface area contributed by atoms with Crippen molar-refractivity contribution in [1.29, 1.82) is 0 Å². The number of nitrogens with two attached hydrogens (primary N) is 1. The van der Waals surface area contributed by atoms with Gasteiger partial charge in [-0.1, -0.05) is 6.42 Å². The van der Waals surface area contributed by atoms with Crippen LogP contribution in [-0.2, 0) is 6.54 Å². The maximum atomic E-state index is 6.30. The maximum absolute atomic E-state index is 6.30. The standard InChI is InChI=1S/C24H31N7O/c25-17-14-21-23(27-11-10-26-21)22(15-17)32-20-6-4-18(5-7-20)29-24-28-9-8-19(30-24)16-31-12-2-1-3-13-31/h8-11,14-15,18,20H,1-7,12-13,16,25H2,(H,28,29,30). The van der Waals surface area contributed by atoms with Gasteiger partial charge in [0.1, 0.15) is 11.3 Å². The molecule has 1 saturated carbocycles. The first-order chi connectivity index (χ1) is 15.7. The molecule has 8 heteroatoms. The number of nitrogen functional groups attached to an aromatic ring is 1. The van der Waals surface area contributed by atoms with E-state index in [9.17, 15) is 0 Å². The number of hydrogen-bond acceptors (Lipinski definition) is 8. The molecule has 2 aromatic heterocycles. The van der Waals surface area contributed by atoms with Crippen LogP contribution in [0.1, 0.15) is 50.6 Å². The lowest BCUT2D eigenvalue weighted by atomic mass is 9.93. The quantitative estimate of drug-likeness (QED) is 0.566. The van der Waals surface area contributed by atoms with Crippen molar-refractivity contribution in [1.82, 2.24) is 24.8 Å². The van der Waals surface area contributed by atoms with E-state index in [1.165, 1.54) is 32.4 Å². The Morgan fingerprint density at radius 3 is 2.62 bits per heavy atom. The molecule has 1 aliphatic heterocycles. The molecule has 3 N–H and O–H groups in total. The maximum Gasteiger partial charge on any atom is 0.223 e. The lowest BCUT2D eigenvalue weighted by Gasteiger charge is -2.30. The molecule has 1 saturated heterocycles. The fraction of sp³-hybridized carbons (Fsp3) is 0.500. The summed E-state index contributed by atoms with van der Waals surface area (Å²) < 4.78 is 6.30. The topological polar surface area (TPSA) is 102 Å². The fourth-order valence-electron chi connectivity index (χ4n) is 4.74. The third kappa shape index (κ3) is 5.07. The summed E-state index contributed by atoms with van der Waals surface area (Å²) in [7, 11) is 0. The molecule has 168 valence electrons. The van der Waals surface area contributed by atoms with Crippen LogP contribution >= 0.6 is 0 Å². The zero-order chi connectivity index (χ0) is 21.8. The number of anilines is 2. The molecular formula is C24H31N7O. The molecule has 1 aromatic carbocycles. The molecule has 5 rings (SSSR count). The van der Waals surface area contributed by atoms with E-state index in [4.69, 9.17) is 15.5 Å². The molecule has 8 nitrogen and oxygen atoms in total. The summed E-state index contributed by atoms with van der Waals surface area (Å²) in [5.41, 5.74) is 9.30.